The predicted octanol–water partition coefficient (Wildman–Crippen LogP) is 0.947. The monoisotopic (exact) mass is 91.1 g/mol. The molecule has 7 heavy (non-hydrogen) atoms. The molecule has 35 valence electrons. The minimum Gasteiger partial charge on any atom is -0.109 e. The second-order valence-corrected chi connectivity index (χ2v) is 1.98. The topological polar surface area (TPSA) is 0 Å². The normalized spacial score (nSPS) is 8.29. The highest BCUT2D eigenvalue weighted by molar-refractivity contribution is 6.72. The van der Waals surface area contributed by atoms with Crippen molar-refractivity contribution in [2.24, 2.45) is 0 Å². The lowest BCUT2D eigenvalue weighted by Crippen LogP contribution is -2.07. The van der Waals surface area contributed by atoms with Crippen molar-refractivity contribution >= 4 is 21.8 Å². The lowest BCUT2D eigenvalue weighted by molar-refractivity contribution is 1.73. The molecule has 0 aromatic heterocycles. The van der Waals surface area contributed by atoms with Crippen LogP contribution in [0.5, 0.6) is 0 Å². The van der Waals surface area contributed by atoms with Gasteiger partial charge in [0, 0.05) is 0 Å². The van der Waals surface area contributed by atoms with Crippen molar-refractivity contribution in [2.75, 3.05) is 0 Å². The Kier molecular flexibility index (Phi) is 4.48. The van der Waals surface area contributed by atoms with Gasteiger partial charge in [-0.3, -0.25) is 0 Å². The van der Waals surface area contributed by atoms with Crippen LogP contribution in [0.3, 0.4) is 0 Å². The Morgan fingerprint density at radius 3 is 2.43 bits per heavy atom. The van der Waals surface area contributed by atoms with Crippen molar-refractivity contribution in [1.29, 1.82) is 0 Å². The van der Waals surface area contributed by atoms with Crippen molar-refractivity contribution in [2.45, 2.75) is 26.1 Å². The van der Waals surface area contributed by atoms with Crippen LogP contribution in [-0.4, -0.2) is 21.8 Å². The Morgan fingerprint density at radius 2 is 2.29 bits per heavy atom. The molecule has 0 unspecified atom stereocenters. The summed E-state index contributed by atoms with van der Waals surface area (Å²) in [6, 6.07) is 0. The van der Waals surface area contributed by atoms with E-state index in [1.54, 1.807) is 0 Å². The van der Waals surface area contributed by atoms with Crippen LogP contribution in [0.15, 0.2) is 0 Å². The van der Waals surface area contributed by atoms with Gasteiger partial charge >= 0.3 is 0 Å². The largest absolute Gasteiger partial charge is 0.120 e. The van der Waals surface area contributed by atoms with Crippen LogP contribution in [0, 0.1) is 0 Å². The third-order valence-electron chi connectivity index (χ3n) is 1.04. The van der Waals surface area contributed by atoms with Gasteiger partial charge in [-0.25, -0.2) is 0 Å². The molecule has 0 aliphatic rings. The molecule has 0 heterocycles. The summed E-state index contributed by atoms with van der Waals surface area (Å²) < 4.78 is 0. The quantitative estimate of drug-likeness (QED) is 0.453. The fourth-order valence-electron chi connectivity index (χ4n) is 0.499. The molecule has 3 radical (unpaired) electrons. The van der Waals surface area contributed by atoms with Gasteiger partial charge < -0.3 is 0 Å². The van der Waals surface area contributed by atoms with Crippen LogP contribution in [-0.2, 0) is 0 Å². The van der Waals surface area contributed by atoms with Gasteiger partial charge in [0.05, 0.1) is 15.1 Å². The number of hydrogen-bond acceptors (Lipinski definition) is 0. The lowest BCUT2D eigenvalue weighted by Gasteiger charge is -1.97. The molecule has 0 aliphatic carbocycles. The van der Waals surface area contributed by atoms with Crippen LogP contribution >= 0.6 is 0 Å². The zero-order valence-electron chi connectivity index (χ0n) is 5.15. The standard InChI is InChI=1S/C4H10B3/c1-6-4-7(2)3-5/h3-4H2,1-2H3. The molecule has 0 amide bonds. The van der Waals surface area contributed by atoms with Gasteiger partial charge in [0.2, 0.25) is 0 Å². The molecule has 0 aromatic carbocycles. The van der Waals surface area contributed by atoms with Gasteiger partial charge in [-0.05, 0) is 0 Å². The van der Waals surface area contributed by atoms with Gasteiger partial charge in [0.1, 0.15) is 6.71 Å². The molecule has 0 saturated heterocycles. The van der Waals surface area contributed by atoms with Gasteiger partial charge in [-0.15, -0.1) is 12.4 Å². The predicted molar refractivity (Wildman–Crippen MR) is 38.6 cm³/mol. The van der Waals surface area contributed by atoms with E-state index in [4.69, 9.17) is 7.85 Å². The summed E-state index contributed by atoms with van der Waals surface area (Å²) in [6.07, 6.45) is 1.96. The summed E-state index contributed by atoms with van der Waals surface area (Å²) >= 11 is 0. The van der Waals surface area contributed by atoms with Gasteiger partial charge in [-0.2, -0.15) is 0 Å². The van der Waals surface area contributed by atoms with E-state index in [9.17, 15) is 0 Å². The van der Waals surface area contributed by atoms with Gasteiger partial charge in [-0.1, -0.05) is 13.6 Å². The highest BCUT2D eigenvalue weighted by Crippen LogP contribution is 1.91. The van der Waals surface area contributed by atoms with Crippen LogP contribution in [0.2, 0.25) is 26.1 Å². The fourth-order valence-corrected chi connectivity index (χ4v) is 0.499. The zero-order chi connectivity index (χ0) is 5.70. The van der Waals surface area contributed by atoms with Crippen LogP contribution in [0.1, 0.15) is 0 Å². The first-order valence-electron chi connectivity index (χ1n) is 2.79. The van der Waals surface area contributed by atoms with Crippen molar-refractivity contribution in [3.63, 3.8) is 0 Å². The molecular weight excluding hydrogens is 80.5 g/mol. The highest BCUT2D eigenvalue weighted by Gasteiger charge is 1.98. The minimum atomic E-state index is 0.671. The third-order valence-corrected chi connectivity index (χ3v) is 1.04. The molecule has 0 bridgehead atoms. The summed E-state index contributed by atoms with van der Waals surface area (Å²) in [5, 5.41) is 0. The molecular formula is C4H10B3. The smallest absolute Gasteiger partial charge is 0.109 e. The fraction of sp³-hybridized carbons (Fsp3) is 1.00. The maximum atomic E-state index is 5.34. The summed E-state index contributed by atoms with van der Waals surface area (Å²) in [5.74, 6) is 0. The number of rotatable bonds is 3. The SMILES string of the molecule is [B]CB(C)C[B]C. The molecule has 0 rings (SSSR count). The third kappa shape index (κ3) is 4.04. The Labute approximate surface area is 48.8 Å². The average molecular weight is 90.6 g/mol. The molecule has 0 N–H and O–H groups in total. The summed E-state index contributed by atoms with van der Waals surface area (Å²) in [7, 11) is 7.49. The maximum Gasteiger partial charge on any atom is 0.120 e. The summed E-state index contributed by atoms with van der Waals surface area (Å²) in [5.41, 5.74) is 0. The first-order chi connectivity index (χ1) is 3.31. The van der Waals surface area contributed by atoms with E-state index in [1.165, 1.54) is 0 Å². The molecule has 3 heteroatoms. The molecule has 0 saturated carbocycles. The average Bonchev–Trinajstić information content (AvgIpc) is 1.68. The molecule has 0 spiro atoms. The van der Waals surface area contributed by atoms with Crippen LogP contribution in [0.25, 0.3) is 0 Å². The first-order valence-corrected chi connectivity index (χ1v) is 2.79. The molecule has 0 nitrogen and oxygen atoms in total. The Bertz CT molecular complexity index is 37.9. The van der Waals surface area contributed by atoms with Crippen molar-refractivity contribution in [3.8, 4) is 0 Å². The Morgan fingerprint density at radius 1 is 1.71 bits per heavy atom. The Hall–Kier alpha value is 0.195. The maximum absolute atomic E-state index is 5.34. The van der Waals surface area contributed by atoms with E-state index in [1.807, 2.05) is 0 Å². The minimum absolute atomic E-state index is 0.671. The van der Waals surface area contributed by atoms with E-state index in [0.717, 1.165) is 12.4 Å². The number of hydrogen-bond donors (Lipinski definition) is 0. The van der Waals surface area contributed by atoms with E-state index in [-0.39, 0.29) is 0 Å². The van der Waals surface area contributed by atoms with Crippen molar-refractivity contribution < 1.29 is 0 Å². The highest BCUT2D eigenvalue weighted by atomic mass is 13.5. The van der Waals surface area contributed by atoms with Gasteiger partial charge in [0.25, 0.3) is 0 Å². The van der Waals surface area contributed by atoms with E-state index in [2.05, 4.69) is 20.9 Å². The first kappa shape index (κ1) is 7.19. The second kappa shape index (κ2) is 4.36. The lowest BCUT2D eigenvalue weighted by atomic mass is 9.35. The molecule has 0 fully saturated rings. The molecule has 0 aliphatic heterocycles. The molecule has 0 atom stereocenters. The summed E-state index contributed by atoms with van der Waals surface area (Å²) in [6.45, 7) is 4.89. The van der Waals surface area contributed by atoms with E-state index >= 15 is 0 Å². The zero-order valence-corrected chi connectivity index (χ0v) is 5.15. The van der Waals surface area contributed by atoms with Crippen molar-refractivity contribution in [1.82, 2.24) is 0 Å². The van der Waals surface area contributed by atoms with Crippen LogP contribution in [0.4, 0.5) is 0 Å². The summed E-state index contributed by atoms with van der Waals surface area (Å²) in [4.78, 5) is 0. The van der Waals surface area contributed by atoms with Gasteiger partial charge in [0.15, 0.2) is 0 Å². The van der Waals surface area contributed by atoms with Crippen molar-refractivity contribution in [3.05, 3.63) is 0 Å². The second-order valence-electron chi connectivity index (χ2n) is 1.98. The Balaban J connectivity index is 2.83. The van der Waals surface area contributed by atoms with E-state index in [0.29, 0.717) is 6.71 Å². The molecule has 0 aromatic rings. The van der Waals surface area contributed by atoms with E-state index < -0.39 is 0 Å². The van der Waals surface area contributed by atoms with Crippen LogP contribution < -0.4 is 0 Å².